The lowest BCUT2D eigenvalue weighted by Crippen LogP contribution is -2.10. The summed E-state index contributed by atoms with van der Waals surface area (Å²) in [7, 11) is 0.532. The average molecular weight is 272 g/mol. The van der Waals surface area contributed by atoms with Crippen molar-refractivity contribution in [1.82, 2.24) is 9.71 Å². The first-order chi connectivity index (χ1) is 9.28. The number of nitrogens with zero attached hydrogens (tertiary/aromatic N) is 1. The third-order valence-corrected chi connectivity index (χ3v) is 4.42. The van der Waals surface area contributed by atoms with E-state index in [4.69, 9.17) is 0 Å². The number of aromatic nitrogens is 1. The summed E-state index contributed by atoms with van der Waals surface area (Å²) in [5, 5.41) is 0. The molecular formula is C15H16N2OS. The Morgan fingerprint density at radius 2 is 2.11 bits per heavy atom. The van der Waals surface area contributed by atoms with Crippen molar-refractivity contribution in [3.05, 3.63) is 48.2 Å². The number of rotatable bonds is 4. The summed E-state index contributed by atoms with van der Waals surface area (Å²) in [6, 6.07) is 11.9. The van der Waals surface area contributed by atoms with Crippen molar-refractivity contribution in [2.75, 3.05) is 7.05 Å². The van der Waals surface area contributed by atoms with Crippen LogP contribution in [0.1, 0.15) is 24.3 Å². The molecule has 0 spiro atoms. The molecule has 0 amide bonds. The van der Waals surface area contributed by atoms with Crippen molar-refractivity contribution in [2.24, 2.45) is 0 Å². The second-order valence-corrected chi connectivity index (χ2v) is 6.17. The normalized spacial score (nSPS) is 16.3. The van der Waals surface area contributed by atoms with Crippen LogP contribution in [-0.2, 0) is 11.0 Å². The van der Waals surface area contributed by atoms with Crippen LogP contribution in [0.2, 0.25) is 0 Å². The molecule has 1 aliphatic rings. The summed E-state index contributed by atoms with van der Waals surface area (Å²) in [6.07, 6.45) is 4.55. The van der Waals surface area contributed by atoms with Crippen LogP contribution in [0.15, 0.2) is 47.5 Å². The number of hydrogen-bond acceptors (Lipinski definition) is 2. The van der Waals surface area contributed by atoms with Crippen LogP contribution in [0.25, 0.3) is 11.3 Å². The molecule has 19 heavy (non-hydrogen) atoms. The molecule has 1 unspecified atom stereocenters. The van der Waals surface area contributed by atoms with Gasteiger partial charge in [-0.05, 0) is 49.6 Å². The number of pyridine rings is 1. The van der Waals surface area contributed by atoms with Gasteiger partial charge in [-0.2, -0.15) is 0 Å². The van der Waals surface area contributed by atoms with Crippen LogP contribution in [0, 0.1) is 0 Å². The fraction of sp³-hybridized carbons (Fsp3) is 0.267. The van der Waals surface area contributed by atoms with Gasteiger partial charge in [0.15, 0.2) is 0 Å². The van der Waals surface area contributed by atoms with E-state index in [9.17, 15) is 4.21 Å². The van der Waals surface area contributed by atoms with Gasteiger partial charge >= 0.3 is 0 Å². The monoisotopic (exact) mass is 272 g/mol. The Morgan fingerprint density at radius 3 is 2.74 bits per heavy atom. The minimum Gasteiger partial charge on any atom is -0.256 e. The van der Waals surface area contributed by atoms with E-state index in [1.165, 1.54) is 18.4 Å². The second-order valence-electron chi connectivity index (χ2n) is 4.75. The SMILES string of the molecule is CNS(=O)c1cccc(-c2ccc(C3CC3)cn2)c1. The first kappa shape index (κ1) is 12.5. The highest BCUT2D eigenvalue weighted by Crippen LogP contribution is 2.39. The maximum atomic E-state index is 11.7. The first-order valence-corrected chi connectivity index (χ1v) is 7.58. The number of nitrogens with one attached hydrogen (secondary N) is 1. The van der Waals surface area contributed by atoms with Gasteiger partial charge in [-0.25, -0.2) is 8.93 Å². The van der Waals surface area contributed by atoms with Crippen molar-refractivity contribution < 1.29 is 4.21 Å². The third-order valence-electron chi connectivity index (χ3n) is 3.36. The molecule has 1 heterocycles. The lowest BCUT2D eigenvalue weighted by Gasteiger charge is -2.05. The molecule has 98 valence electrons. The van der Waals surface area contributed by atoms with Gasteiger partial charge in [0, 0.05) is 11.8 Å². The smallest absolute Gasteiger partial charge is 0.124 e. The van der Waals surface area contributed by atoms with E-state index >= 15 is 0 Å². The summed E-state index contributed by atoms with van der Waals surface area (Å²) in [6.45, 7) is 0. The Kier molecular flexibility index (Phi) is 3.44. The molecule has 3 nitrogen and oxygen atoms in total. The van der Waals surface area contributed by atoms with Crippen molar-refractivity contribution in [3.8, 4) is 11.3 Å². The van der Waals surface area contributed by atoms with E-state index in [1.54, 1.807) is 7.05 Å². The van der Waals surface area contributed by atoms with Crippen molar-refractivity contribution in [2.45, 2.75) is 23.7 Å². The third kappa shape index (κ3) is 2.74. The van der Waals surface area contributed by atoms with E-state index in [2.05, 4.69) is 21.8 Å². The van der Waals surface area contributed by atoms with Crippen molar-refractivity contribution >= 4 is 11.0 Å². The van der Waals surface area contributed by atoms with Crippen LogP contribution in [-0.4, -0.2) is 16.2 Å². The highest BCUT2D eigenvalue weighted by Gasteiger charge is 2.23. The Hall–Kier alpha value is -1.52. The van der Waals surface area contributed by atoms with Gasteiger partial charge in [0.2, 0.25) is 0 Å². The highest BCUT2D eigenvalue weighted by atomic mass is 32.2. The van der Waals surface area contributed by atoms with E-state index in [0.717, 1.165) is 22.1 Å². The van der Waals surface area contributed by atoms with Gasteiger partial charge < -0.3 is 0 Å². The lowest BCUT2D eigenvalue weighted by atomic mass is 10.1. The molecule has 1 fully saturated rings. The fourth-order valence-electron chi connectivity index (χ4n) is 2.12. The molecule has 1 aromatic heterocycles. The van der Waals surface area contributed by atoms with Gasteiger partial charge in [-0.3, -0.25) is 4.98 Å². The molecule has 1 aliphatic carbocycles. The number of benzene rings is 1. The fourth-order valence-corrected chi connectivity index (χ4v) is 2.79. The summed E-state index contributed by atoms with van der Waals surface area (Å²) in [4.78, 5) is 5.29. The molecule has 0 bridgehead atoms. The minimum absolute atomic E-state index is 0.727. The Balaban J connectivity index is 1.90. The zero-order valence-corrected chi connectivity index (χ0v) is 11.6. The van der Waals surface area contributed by atoms with E-state index in [0.29, 0.717) is 0 Å². The zero-order valence-electron chi connectivity index (χ0n) is 10.8. The van der Waals surface area contributed by atoms with Gasteiger partial charge in [-0.1, -0.05) is 18.2 Å². The van der Waals surface area contributed by atoms with Crippen molar-refractivity contribution in [1.29, 1.82) is 0 Å². The molecule has 0 radical (unpaired) electrons. The molecule has 1 atom stereocenters. The second kappa shape index (κ2) is 5.23. The van der Waals surface area contributed by atoms with Crippen LogP contribution in [0.3, 0.4) is 0 Å². The van der Waals surface area contributed by atoms with Crippen molar-refractivity contribution in [3.63, 3.8) is 0 Å². The molecule has 0 aliphatic heterocycles. The van der Waals surface area contributed by atoms with Gasteiger partial charge in [0.1, 0.15) is 11.0 Å². The molecule has 3 rings (SSSR count). The van der Waals surface area contributed by atoms with E-state index < -0.39 is 11.0 Å². The average Bonchev–Trinajstić information content (AvgIpc) is 3.31. The van der Waals surface area contributed by atoms with Crippen LogP contribution in [0.4, 0.5) is 0 Å². The highest BCUT2D eigenvalue weighted by molar-refractivity contribution is 7.83. The topological polar surface area (TPSA) is 42.0 Å². The van der Waals surface area contributed by atoms with Crippen LogP contribution < -0.4 is 4.72 Å². The van der Waals surface area contributed by atoms with Crippen LogP contribution >= 0.6 is 0 Å². The lowest BCUT2D eigenvalue weighted by molar-refractivity contribution is 0.678. The first-order valence-electron chi connectivity index (χ1n) is 6.43. The van der Waals surface area contributed by atoms with E-state index in [-0.39, 0.29) is 0 Å². The summed E-state index contributed by atoms with van der Waals surface area (Å²) >= 11 is 0. The minimum atomic E-state index is -1.15. The molecule has 0 saturated heterocycles. The van der Waals surface area contributed by atoms with Gasteiger partial charge in [0.05, 0.1) is 10.6 Å². The quantitative estimate of drug-likeness (QED) is 0.930. The Bertz CT molecular complexity index is 606. The summed E-state index contributed by atoms with van der Waals surface area (Å²) in [5.41, 5.74) is 3.27. The Morgan fingerprint density at radius 1 is 1.26 bits per heavy atom. The predicted molar refractivity (Wildman–Crippen MR) is 77.1 cm³/mol. The number of hydrogen-bond donors (Lipinski definition) is 1. The molecule has 2 aromatic rings. The van der Waals surface area contributed by atoms with E-state index in [1.807, 2.05) is 30.5 Å². The zero-order chi connectivity index (χ0) is 13.2. The maximum Gasteiger partial charge on any atom is 0.124 e. The van der Waals surface area contributed by atoms with Gasteiger partial charge in [0.25, 0.3) is 0 Å². The summed E-state index contributed by atoms with van der Waals surface area (Å²) in [5.74, 6) is 0.727. The molecule has 1 aromatic carbocycles. The standard InChI is InChI=1S/C15H16N2OS/c1-16-19(18)14-4-2-3-12(9-14)15-8-7-13(10-17-15)11-5-6-11/h2-4,7-11,16H,5-6H2,1H3. The molecule has 1 N–H and O–H groups in total. The Labute approximate surface area is 115 Å². The van der Waals surface area contributed by atoms with Gasteiger partial charge in [-0.15, -0.1) is 0 Å². The summed E-state index contributed by atoms with van der Waals surface area (Å²) < 4.78 is 14.5. The molecule has 4 heteroatoms. The predicted octanol–water partition coefficient (Wildman–Crippen LogP) is 2.87. The molecular weight excluding hydrogens is 256 g/mol. The van der Waals surface area contributed by atoms with Crippen LogP contribution in [0.5, 0.6) is 0 Å². The maximum absolute atomic E-state index is 11.7. The largest absolute Gasteiger partial charge is 0.256 e. The molecule has 1 saturated carbocycles.